The summed E-state index contributed by atoms with van der Waals surface area (Å²) in [5, 5.41) is 3.44. The fraction of sp³-hybridized carbons (Fsp3) is 0.650. The van der Waals surface area contributed by atoms with E-state index in [9.17, 15) is 4.79 Å². The van der Waals surface area contributed by atoms with Gasteiger partial charge < -0.3 is 15.0 Å². The monoisotopic (exact) mass is 366 g/mol. The van der Waals surface area contributed by atoms with Gasteiger partial charge in [-0.25, -0.2) is 0 Å². The summed E-state index contributed by atoms with van der Waals surface area (Å²) >= 11 is 0. The molecular weight excluding hydrogens is 336 g/mol. The Balaban J connectivity index is 0.00000225. The van der Waals surface area contributed by atoms with Crippen LogP contribution in [0.15, 0.2) is 24.3 Å². The second-order valence-electron chi connectivity index (χ2n) is 7.21. The van der Waals surface area contributed by atoms with Gasteiger partial charge in [0.2, 0.25) is 5.91 Å². The van der Waals surface area contributed by atoms with Crippen LogP contribution in [0.25, 0.3) is 0 Å². The largest absolute Gasteiger partial charge is 0.376 e. The van der Waals surface area contributed by atoms with Crippen molar-refractivity contribution in [3.63, 3.8) is 0 Å². The number of benzene rings is 1. The highest BCUT2D eigenvalue weighted by Crippen LogP contribution is 2.16. The molecular formula is C20H31ClN2O2. The van der Waals surface area contributed by atoms with Gasteiger partial charge >= 0.3 is 0 Å². The van der Waals surface area contributed by atoms with E-state index in [1.807, 2.05) is 4.90 Å². The summed E-state index contributed by atoms with van der Waals surface area (Å²) in [5.74, 6) is 0.275. The number of hydrogen-bond acceptors (Lipinski definition) is 3. The first kappa shape index (κ1) is 20.2. The van der Waals surface area contributed by atoms with Crippen LogP contribution in [0.3, 0.4) is 0 Å². The van der Waals surface area contributed by atoms with Crippen molar-refractivity contribution in [3.8, 4) is 0 Å². The van der Waals surface area contributed by atoms with Crippen LogP contribution >= 0.6 is 12.4 Å². The minimum atomic E-state index is 0. The number of carbonyl (C=O) groups excluding carboxylic acids is 1. The molecule has 0 saturated carbocycles. The SMILES string of the molecule is Cc1ccc(CCN(CC2CCCO2)C(=O)CC2CCCN2)cc1.Cl. The molecule has 2 heterocycles. The Kier molecular flexibility index (Phi) is 8.20. The van der Waals surface area contributed by atoms with Crippen LogP contribution in [0.5, 0.6) is 0 Å². The van der Waals surface area contributed by atoms with Crippen molar-refractivity contribution in [2.24, 2.45) is 0 Å². The molecule has 5 heteroatoms. The van der Waals surface area contributed by atoms with E-state index in [1.165, 1.54) is 17.5 Å². The molecule has 2 aliphatic heterocycles. The lowest BCUT2D eigenvalue weighted by molar-refractivity contribution is -0.133. The van der Waals surface area contributed by atoms with E-state index in [0.717, 1.165) is 51.9 Å². The highest BCUT2D eigenvalue weighted by atomic mass is 35.5. The topological polar surface area (TPSA) is 41.6 Å². The average Bonchev–Trinajstić information content (AvgIpc) is 3.26. The predicted octanol–water partition coefficient (Wildman–Crippen LogP) is 3.11. The Morgan fingerprint density at radius 3 is 2.68 bits per heavy atom. The second kappa shape index (κ2) is 10.1. The van der Waals surface area contributed by atoms with Gasteiger partial charge in [0.15, 0.2) is 0 Å². The van der Waals surface area contributed by atoms with E-state index >= 15 is 0 Å². The Morgan fingerprint density at radius 2 is 2.04 bits per heavy atom. The van der Waals surface area contributed by atoms with Crippen LogP contribution < -0.4 is 5.32 Å². The van der Waals surface area contributed by atoms with Crippen LogP contribution in [-0.2, 0) is 16.0 Å². The fourth-order valence-corrected chi connectivity index (χ4v) is 3.64. The second-order valence-corrected chi connectivity index (χ2v) is 7.21. The Morgan fingerprint density at radius 1 is 1.24 bits per heavy atom. The summed E-state index contributed by atoms with van der Waals surface area (Å²) < 4.78 is 5.76. The van der Waals surface area contributed by atoms with Crippen LogP contribution in [0, 0.1) is 6.92 Å². The van der Waals surface area contributed by atoms with Gasteiger partial charge in [-0.05, 0) is 51.1 Å². The molecule has 2 saturated heterocycles. The first-order chi connectivity index (χ1) is 11.7. The maximum atomic E-state index is 12.8. The molecule has 0 bridgehead atoms. The van der Waals surface area contributed by atoms with E-state index in [4.69, 9.17) is 4.74 Å². The molecule has 1 amide bonds. The van der Waals surface area contributed by atoms with Crippen molar-refractivity contribution >= 4 is 18.3 Å². The molecule has 140 valence electrons. The molecule has 2 aliphatic rings. The summed E-state index contributed by atoms with van der Waals surface area (Å²) in [6.07, 6.45) is 6.27. The highest BCUT2D eigenvalue weighted by molar-refractivity contribution is 5.85. The van der Waals surface area contributed by atoms with Crippen molar-refractivity contribution in [2.75, 3.05) is 26.2 Å². The molecule has 1 N–H and O–H groups in total. The summed E-state index contributed by atoms with van der Waals surface area (Å²) in [6.45, 7) is 5.53. The zero-order valence-electron chi connectivity index (χ0n) is 15.2. The van der Waals surface area contributed by atoms with Crippen molar-refractivity contribution in [1.82, 2.24) is 10.2 Å². The predicted molar refractivity (Wildman–Crippen MR) is 103 cm³/mol. The summed E-state index contributed by atoms with van der Waals surface area (Å²) in [6, 6.07) is 8.99. The van der Waals surface area contributed by atoms with Crippen LogP contribution in [-0.4, -0.2) is 49.2 Å². The van der Waals surface area contributed by atoms with Gasteiger partial charge in [-0.3, -0.25) is 4.79 Å². The highest BCUT2D eigenvalue weighted by Gasteiger charge is 2.25. The first-order valence-electron chi connectivity index (χ1n) is 9.39. The summed E-state index contributed by atoms with van der Waals surface area (Å²) in [4.78, 5) is 14.8. The smallest absolute Gasteiger partial charge is 0.224 e. The van der Waals surface area contributed by atoms with Gasteiger partial charge in [-0.2, -0.15) is 0 Å². The molecule has 25 heavy (non-hydrogen) atoms. The minimum Gasteiger partial charge on any atom is -0.376 e. The zero-order chi connectivity index (χ0) is 16.8. The maximum absolute atomic E-state index is 12.8. The van der Waals surface area contributed by atoms with Gasteiger partial charge in [0.1, 0.15) is 0 Å². The fourth-order valence-electron chi connectivity index (χ4n) is 3.64. The van der Waals surface area contributed by atoms with Gasteiger partial charge in [0.25, 0.3) is 0 Å². The third kappa shape index (κ3) is 6.28. The lowest BCUT2D eigenvalue weighted by atomic mass is 10.1. The lowest BCUT2D eigenvalue weighted by Gasteiger charge is -2.27. The number of amides is 1. The standard InChI is InChI=1S/C20H30N2O2.ClH/c1-16-6-8-17(9-7-16)10-12-22(15-19-5-3-13-24-19)20(23)14-18-4-2-11-21-18;/h6-9,18-19,21H,2-5,10-15H2,1H3;1H. The van der Waals surface area contributed by atoms with E-state index in [-0.39, 0.29) is 24.4 Å². The van der Waals surface area contributed by atoms with Gasteiger partial charge in [0.05, 0.1) is 6.10 Å². The third-order valence-electron chi connectivity index (χ3n) is 5.18. The van der Waals surface area contributed by atoms with Crippen LogP contribution in [0.2, 0.25) is 0 Å². The average molecular weight is 367 g/mol. The normalized spacial score (nSPS) is 22.6. The Labute approximate surface area is 157 Å². The number of hydrogen-bond donors (Lipinski definition) is 1. The molecule has 2 unspecified atom stereocenters. The molecule has 1 aromatic rings. The van der Waals surface area contributed by atoms with Crippen molar-refractivity contribution in [3.05, 3.63) is 35.4 Å². The van der Waals surface area contributed by atoms with Gasteiger partial charge in [0, 0.05) is 32.2 Å². The number of nitrogens with zero attached hydrogens (tertiary/aromatic N) is 1. The van der Waals surface area contributed by atoms with E-state index in [0.29, 0.717) is 12.5 Å². The van der Waals surface area contributed by atoms with Crippen LogP contribution in [0.1, 0.15) is 43.2 Å². The molecule has 0 spiro atoms. The van der Waals surface area contributed by atoms with E-state index < -0.39 is 0 Å². The third-order valence-corrected chi connectivity index (χ3v) is 5.18. The van der Waals surface area contributed by atoms with Crippen molar-refractivity contribution < 1.29 is 9.53 Å². The Hall–Kier alpha value is -1.10. The van der Waals surface area contributed by atoms with Gasteiger partial charge in [-0.1, -0.05) is 29.8 Å². The van der Waals surface area contributed by atoms with Crippen molar-refractivity contribution in [1.29, 1.82) is 0 Å². The molecule has 3 rings (SSSR count). The molecule has 1 aromatic carbocycles. The molecule has 0 aliphatic carbocycles. The quantitative estimate of drug-likeness (QED) is 0.806. The zero-order valence-corrected chi connectivity index (χ0v) is 16.0. The molecule has 2 atom stereocenters. The number of aryl methyl sites for hydroxylation is 1. The van der Waals surface area contributed by atoms with Crippen LogP contribution in [0.4, 0.5) is 0 Å². The number of nitrogens with one attached hydrogen (secondary N) is 1. The number of ether oxygens (including phenoxy) is 1. The van der Waals surface area contributed by atoms with Crippen molar-refractivity contribution in [2.45, 2.75) is 57.6 Å². The Bertz CT molecular complexity index is 523. The minimum absolute atomic E-state index is 0. The van der Waals surface area contributed by atoms with E-state index in [2.05, 4.69) is 36.5 Å². The summed E-state index contributed by atoms with van der Waals surface area (Å²) in [7, 11) is 0. The maximum Gasteiger partial charge on any atom is 0.224 e. The molecule has 0 aromatic heterocycles. The summed E-state index contributed by atoms with van der Waals surface area (Å²) in [5.41, 5.74) is 2.57. The molecule has 4 nitrogen and oxygen atoms in total. The van der Waals surface area contributed by atoms with E-state index in [1.54, 1.807) is 0 Å². The molecule has 0 radical (unpaired) electrons. The number of halogens is 1. The molecule has 2 fully saturated rings. The number of rotatable bonds is 7. The van der Waals surface area contributed by atoms with Gasteiger partial charge in [-0.15, -0.1) is 12.4 Å². The first-order valence-corrected chi connectivity index (χ1v) is 9.39. The number of carbonyl (C=O) groups is 1. The lowest BCUT2D eigenvalue weighted by Crippen LogP contribution is -2.41.